The maximum absolute atomic E-state index is 13.6. The number of methoxy groups -OCH3 is 2. The van der Waals surface area contributed by atoms with Gasteiger partial charge in [-0.15, -0.1) is 11.3 Å². The van der Waals surface area contributed by atoms with Crippen LogP contribution < -0.4 is 20.5 Å². The fourth-order valence-corrected chi connectivity index (χ4v) is 4.94. The highest BCUT2D eigenvalue weighted by atomic mass is 32.1. The highest BCUT2D eigenvalue weighted by Gasteiger charge is 2.38. The van der Waals surface area contributed by atoms with Gasteiger partial charge < -0.3 is 20.5 Å². The average Bonchev–Trinajstić information content (AvgIpc) is 3.09. The number of aromatic nitrogens is 1. The van der Waals surface area contributed by atoms with Crippen LogP contribution in [0.3, 0.4) is 0 Å². The Bertz CT molecular complexity index is 1170. The number of amides is 1. The quantitative estimate of drug-likeness (QED) is 0.580. The van der Waals surface area contributed by atoms with Crippen LogP contribution in [-0.4, -0.2) is 25.1 Å². The summed E-state index contributed by atoms with van der Waals surface area (Å²) in [4.78, 5) is 17.0. The predicted molar refractivity (Wildman–Crippen MR) is 113 cm³/mol. The molecule has 0 saturated heterocycles. The number of nitrogens with zero attached hydrogens (tertiary/aromatic N) is 1. The lowest BCUT2D eigenvalue weighted by atomic mass is 9.88. The summed E-state index contributed by atoms with van der Waals surface area (Å²) in [5, 5.41) is 3.18. The molecule has 6 nitrogen and oxygen atoms in total. The number of carbonyl (C=O) groups excluding carboxylic acids is 1. The third-order valence-corrected chi connectivity index (χ3v) is 6.41. The van der Waals surface area contributed by atoms with E-state index < -0.39 is 17.8 Å². The minimum Gasteiger partial charge on any atom is -0.493 e. The Morgan fingerprint density at radius 1 is 1.13 bits per heavy atom. The molecule has 0 radical (unpaired) electrons. The Kier molecular flexibility index (Phi) is 5.42. The summed E-state index contributed by atoms with van der Waals surface area (Å²) in [7, 11) is 2.97. The molecule has 0 bridgehead atoms. The standard InChI is InChI=1S/C21H20F3N3O3S/c1-29-13-8-7-10(9-14(13)30-2)26-19(28)17-16(25)15-11-5-3-4-6-12(11)18(21(22,23)24)27-20(15)31-17/h7-9H,3-6,25H2,1-2H3,(H,26,28). The molecule has 1 aliphatic carbocycles. The third-order valence-electron chi connectivity index (χ3n) is 5.31. The average molecular weight is 451 g/mol. The second kappa shape index (κ2) is 7.92. The number of hydrogen-bond donors (Lipinski definition) is 2. The number of hydrogen-bond acceptors (Lipinski definition) is 6. The molecule has 2 heterocycles. The van der Waals surface area contributed by atoms with Crippen molar-refractivity contribution in [2.75, 3.05) is 25.3 Å². The summed E-state index contributed by atoms with van der Waals surface area (Å²) in [5.41, 5.74) is 6.74. The third kappa shape index (κ3) is 3.76. The van der Waals surface area contributed by atoms with Gasteiger partial charge in [-0.05, 0) is 48.9 Å². The van der Waals surface area contributed by atoms with E-state index in [0.717, 1.165) is 17.8 Å². The minimum absolute atomic E-state index is 0.128. The number of nitrogen functional groups attached to an aromatic ring is 1. The molecule has 1 aromatic carbocycles. The van der Waals surface area contributed by atoms with Crippen LogP contribution in [0.4, 0.5) is 24.5 Å². The Hall–Kier alpha value is -3.01. The maximum Gasteiger partial charge on any atom is 0.433 e. The van der Waals surface area contributed by atoms with E-state index in [2.05, 4.69) is 10.3 Å². The SMILES string of the molecule is COc1ccc(NC(=O)c2sc3nc(C(F)(F)F)c4c(c3c2N)CCCC4)cc1OC. The first-order chi connectivity index (χ1) is 14.7. The van der Waals surface area contributed by atoms with Gasteiger partial charge >= 0.3 is 6.18 Å². The monoisotopic (exact) mass is 451 g/mol. The van der Waals surface area contributed by atoms with Crippen molar-refractivity contribution in [1.82, 2.24) is 4.98 Å². The number of pyridine rings is 1. The van der Waals surface area contributed by atoms with Gasteiger partial charge in [-0.1, -0.05) is 0 Å². The van der Waals surface area contributed by atoms with Crippen LogP contribution in [0, 0.1) is 0 Å². The van der Waals surface area contributed by atoms with E-state index in [4.69, 9.17) is 15.2 Å². The summed E-state index contributed by atoms with van der Waals surface area (Å²) in [6.45, 7) is 0. The fourth-order valence-electron chi connectivity index (χ4n) is 3.92. The predicted octanol–water partition coefficient (Wildman–Crippen LogP) is 5.05. The Morgan fingerprint density at radius 3 is 2.45 bits per heavy atom. The van der Waals surface area contributed by atoms with Gasteiger partial charge in [0, 0.05) is 17.1 Å². The van der Waals surface area contributed by atoms with E-state index in [0.29, 0.717) is 47.4 Å². The number of aryl methyl sites for hydroxylation is 1. The van der Waals surface area contributed by atoms with Crippen LogP contribution in [0.1, 0.15) is 39.3 Å². The number of rotatable bonds is 4. The lowest BCUT2D eigenvalue weighted by Crippen LogP contribution is -2.17. The van der Waals surface area contributed by atoms with Crippen molar-refractivity contribution < 1.29 is 27.4 Å². The van der Waals surface area contributed by atoms with Crippen LogP contribution in [0.15, 0.2) is 18.2 Å². The van der Waals surface area contributed by atoms with E-state index in [1.807, 2.05) is 0 Å². The normalized spacial score (nSPS) is 13.7. The Morgan fingerprint density at radius 2 is 1.81 bits per heavy atom. The van der Waals surface area contributed by atoms with Crippen LogP contribution in [-0.2, 0) is 19.0 Å². The maximum atomic E-state index is 13.6. The Labute approximate surface area is 180 Å². The fraction of sp³-hybridized carbons (Fsp3) is 0.333. The lowest BCUT2D eigenvalue weighted by molar-refractivity contribution is -0.141. The van der Waals surface area contributed by atoms with Crippen molar-refractivity contribution in [3.05, 3.63) is 39.9 Å². The molecule has 3 aromatic rings. The molecular weight excluding hydrogens is 431 g/mol. The summed E-state index contributed by atoms with van der Waals surface area (Å²) in [6, 6.07) is 4.85. The summed E-state index contributed by atoms with van der Waals surface area (Å²) in [6.07, 6.45) is -2.34. The van der Waals surface area contributed by atoms with Crippen LogP contribution >= 0.6 is 11.3 Å². The zero-order valence-corrected chi connectivity index (χ0v) is 17.7. The van der Waals surface area contributed by atoms with Gasteiger partial charge in [-0.25, -0.2) is 4.98 Å². The van der Waals surface area contributed by atoms with E-state index >= 15 is 0 Å². The van der Waals surface area contributed by atoms with Crippen molar-refractivity contribution in [1.29, 1.82) is 0 Å². The van der Waals surface area contributed by atoms with Crippen molar-refractivity contribution in [3.8, 4) is 11.5 Å². The number of thiophene rings is 1. The molecule has 1 aliphatic rings. The Balaban J connectivity index is 1.77. The van der Waals surface area contributed by atoms with Gasteiger partial charge in [0.15, 0.2) is 11.5 Å². The van der Waals surface area contributed by atoms with Gasteiger partial charge in [-0.3, -0.25) is 4.79 Å². The minimum atomic E-state index is -4.56. The van der Waals surface area contributed by atoms with Gasteiger partial charge in [0.2, 0.25) is 0 Å². The molecule has 0 aliphatic heterocycles. The number of ether oxygens (including phenoxy) is 2. The number of alkyl halides is 3. The highest BCUT2D eigenvalue weighted by Crippen LogP contribution is 2.43. The molecule has 0 spiro atoms. The molecular formula is C21H20F3N3O3S. The topological polar surface area (TPSA) is 86.5 Å². The largest absolute Gasteiger partial charge is 0.493 e. The second-order valence-corrected chi connectivity index (χ2v) is 8.17. The number of fused-ring (bicyclic) bond motifs is 3. The first-order valence-electron chi connectivity index (χ1n) is 9.59. The van der Waals surface area contributed by atoms with Gasteiger partial charge in [0.1, 0.15) is 15.4 Å². The lowest BCUT2D eigenvalue weighted by Gasteiger charge is -2.21. The molecule has 0 fully saturated rings. The van der Waals surface area contributed by atoms with Crippen LogP contribution in [0.25, 0.3) is 10.2 Å². The number of nitrogens with one attached hydrogen (secondary N) is 1. The first kappa shape index (κ1) is 21.2. The molecule has 0 unspecified atom stereocenters. The van der Waals surface area contributed by atoms with Crippen molar-refractivity contribution in [2.24, 2.45) is 0 Å². The number of anilines is 2. The van der Waals surface area contributed by atoms with Crippen molar-refractivity contribution >= 4 is 38.8 Å². The smallest absolute Gasteiger partial charge is 0.433 e. The van der Waals surface area contributed by atoms with Crippen LogP contribution in [0.5, 0.6) is 11.5 Å². The molecule has 31 heavy (non-hydrogen) atoms. The van der Waals surface area contributed by atoms with Gasteiger partial charge in [0.05, 0.1) is 19.9 Å². The van der Waals surface area contributed by atoms with E-state index in [1.165, 1.54) is 14.2 Å². The second-order valence-electron chi connectivity index (χ2n) is 7.17. The molecule has 1 amide bonds. The zero-order chi connectivity index (χ0) is 22.3. The summed E-state index contributed by atoms with van der Waals surface area (Å²) in [5.74, 6) is 0.401. The van der Waals surface area contributed by atoms with Gasteiger partial charge in [-0.2, -0.15) is 13.2 Å². The van der Waals surface area contributed by atoms with Crippen LogP contribution in [0.2, 0.25) is 0 Å². The number of halogens is 3. The number of carbonyl (C=O) groups is 1. The first-order valence-corrected chi connectivity index (χ1v) is 10.4. The highest BCUT2D eigenvalue weighted by molar-refractivity contribution is 7.21. The molecule has 2 aromatic heterocycles. The van der Waals surface area contributed by atoms with Crippen molar-refractivity contribution in [2.45, 2.75) is 31.9 Å². The number of nitrogens with two attached hydrogens (primary N) is 1. The van der Waals surface area contributed by atoms with E-state index in [1.54, 1.807) is 18.2 Å². The molecule has 10 heteroatoms. The van der Waals surface area contributed by atoms with Crippen molar-refractivity contribution in [3.63, 3.8) is 0 Å². The molecule has 164 valence electrons. The summed E-state index contributed by atoms with van der Waals surface area (Å²) < 4.78 is 51.2. The molecule has 3 N–H and O–H groups in total. The zero-order valence-electron chi connectivity index (χ0n) is 16.9. The van der Waals surface area contributed by atoms with E-state index in [9.17, 15) is 18.0 Å². The number of benzene rings is 1. The van der Waals surface area contributed by atoms with E-state index in [-0.39, 0.29) is 21.0 Å². The van der Waals surface area contributed by atoms with Gasteiger partial charge in [0.25, 0.3) is 5.91 Å². The molecule has 0 saturated carbocycles. The molecule has 4 rings (SSSR count). The molecule has 0 atom stereocenters. The summed E-state index contributed by atoms with van der Waals surface area (Å²) >= 11 is 0.868.